The summed E-state index contributed by atoms with van der Waals surface area (Å²) in [5.74, 6) is -1.35. The van der Waals surface area contributed by atoms with Crippen LogP contribution < -0.4 is 10.6 Å². The Morgan fingerprint density at radius 1 is 1.35 bits per heavy atom. The van der Waals surface area contributed by atoms with Crippen LogP contribution in [0.5, 0.6) is 0 Å². The fourth-order valence-corrected chi connectivity index (χ4v) is 2.66. The van der Waals surface area contributed by atoms with Gasteiger partial charge >= 0.3 is 12.0 Å². The van der Waals surface area contributed by atoms with E-state index in [2.05, 4.69) is 10.6 Å². The third kappa shape index (κ3) is 3.42. The van der Waals surface area contributed by atoms with Crippen LogP contribution in [-0.2, 0) is 4.79 Å². The fraction of sp³-hybridized carbons (Fsp3) is 0.429. The number of anilines is 1. The molecule has 2 unspecified atom stereocenters. The molecule has 5 nitrogen and oxygen atoms in total. The topological polar surface area (TPSA) is 78.4 Å². The Kier molecular flexibility index (Phi) is 4.49. The molecular weight excluding hydrogens is 280 g/mol. The predicted octanol–water partition coefficient (Wildman–Crippen LogP) is 3.02. The maximum Gasteiger partial charge on any atom is 0.319 e. The number of halogens is 1. The maximum absolute atomic E-state index is 11.9. The second-order valence-electron chi connectivity index (χ2n) is 5.04. The molecule has 0 saturated heterocycles. The van der Waals surface area contributed by atoms with Crippen molar-refractivity contribution in [3.8, 4) is 0 Å². The number of carbonyl (C=O) groups excluding carboxylic acids is 1. The number of amides is 2. The van der Waals surface area contributed by atoms with E-state index < -0.39 is 17.9 Å². The summed E-state index contributed by atoms with van der Waals surface area (Å²) in [6, 6.07) is 4.52. The second kappa shape index (κ2) is 6.13. The zero-order chi connectivity index (χ0) is 14.7. The largest absolute Gasteiger partial charge is 0.481 e. The Labute approximate surface area is 122 Å². The summed E-state index contributed by atoms with van der Waals surface area (Å²) in [7, 11) is 0. The third-order valence-electron chi connectivity index (χ3n) is 3.60. The average molecular weight is 297 g/mol. The maximum atomic E-state index is 11.9. The summed E-state index contributed by atoms with van der Waals surface area (Å²) in [6.45, 7) is 1.86. The summed E-state index contributed by atoms with van der Waals surface area (Å²) < 4.78 is 0. The molecule has 1 aromatic carbocycles. The van der Waals surface area contributed by atoms with Gasteiger partial charge in [-0.1, -0.05) is 24.1 Å². The van der Waals surface area contributed by atoms with Gasteiger partial charge in [-0.25, -0.2) is 4.79 Å². The minimum absolute atomic E-state index is 0.313. The zero-order valence-electron chi connectivity index (χ0n) is 11.1. The van der Waals surface area contributed by atoms with Crippen molar-refractivity contribution in [2.75, 3.05) is 5.32 Å². The first-order chi connectivity index (χ1) is 9.47. The van der Waals surface area contributed by atoms with Crippen molar-refractivity contribution >= 4 is 29.3 Å². The molecule has 3 N–H and O–H groups in total. The van der Waals surface area contributed by atoms with E-state index in [1.54, 1.807) is 12.1 Å². The standard InChI is InChI=1S/C14H17ClN2O3/c1-8-5-6-9(15)7-12(8)17-14(20)16-11-4-2-3-10(11)13(18)19/h5-7,10-11H,2-4H2,1H3,(H,18,19)(H2,16,17,20). The minimum Gasteiger partial charge on any atom is -0.481 e. The Bertz CT molecular complexity index is 533. The molecule has 108 valence electrons. The van der Waals surface area contributed by atoms with Gasteiger partial charge in [0.2, 0.25) is 0 Å². The molecule has 1 saturated carbocycles. The monoisotopic (exact) mass is 296 g/mol. The molecule has 0 aromatic heterocycles. The first-order valence-corrected chi connectivity index (χ1v) is 6.91. The molecule has 1 aliphatic rings. The lowest BCUT2D eigenvalue weighted by Crippen LogP contribution is -2.42. The highest BCUT2D eigenvalue weighted by Crippen LogP contribution is 2.26. The van der Waals surface area contributed by atoms with Crippen LogP contribution in [-0.4, -0.2) is 23.1 Å². The summed E-state index contributed by atoms with van der Waals surface area (Å²) in [6.07, 6.45) is 2.12. The quantitative estimate of drug-likeness (QED) is 0.802. The van der Waals surface area contributed by atoms with Gasteiger partial charge in [0.05, 0.1) is 5.92 Å². The molecule has 2 rings (SSSR count). The van der Waals surface area contributed by atoms with Crippen LogP contribution in [0.2, 0.25) is 5.02 Å². The SMILES string of the molecule is Cc1ccc(Cl)cc1NC(=O)NC1CCCC1C(=O)O. The summed E-state index contributed by atoms with van der Waals surface area (Å²) >= 11 is 5.89. The van der Waals surface area contributed by atoms with Gasteiger partial charge in [-0.3, -0.25) is 4.79 Å². The third-order valence-corrected chi connectivity index (χ3v) is 3.83. The molecule has 6 heteroatoms. The van der Waals surface area contributed by atoms with E-state index in [9.17, 15) is 9.59 Å². The van der Waals surface area contributed by atoms with Gasteiger partial charge in [0.25, 0.3) is 0 Å². The van der Waals surface area contributed by atoms with Crippen molar-refractivity contribution in [3.63, 3.8) is 0 Å². The number of nitrogens with one attached hydrogen (secondary N) is 2. The first-order valence-electron chi connectivity index (χ1n) is 6.54. The van der Waals surface area contributed by atoms with Gasteiger partial charge < -0.3 is 15.7 Å². The molecule has 1 aromatic rings. The molecule has 0 aliphatic heterocycles. The van der Waals surface area contributed by atoms with E-state index in [0.717, 1.165) is 12.0 Å². The van der Waals surface area contributed by atoms with Crippen molar-refractivity contribution in [2.24, 2.45) is 5.92 Å². The fourth-order valence-electron chi connectivity index (χ4n) is 2.48. The molecule has 1 aliphatic carbocycles. The van der Waals surface area contributed by atoms with Gasteiger partial charge in [-0.05, 0) is 37.5 Å². The lowest BCUT2D eigenvalue weighted by atomic mass is 10.0. The number of carbonyl (C=O) groups is 2. The van der Waals surface area contributed by atoms with Gasteiger partial charge in [0, 0.05) is 16.8 Å². The van der Waals surface area contributed by atoms with Crippen LogP contribution in [0, 0.1) is 12.8 Å². The van der Waals surface area contributed by atoms with Crippen LogP contribution in [0.25, 0.3) is 0 Å². The Morgan fingerprint density at radius 3 is 2.80 bits per heavy atom. The van der Waals surface area contributed by atoms with Crippen molar-refractivity contribution in [1.82, 2.24) is 5.32 Å². The van der Waals surface area contributed by atoms with Gasteiger partial charge in [0.1, 0.15) is 0 Å². The van der Waals surface area contributed by atoms with Gasteiger partial charge in [-0.15, -0.1) is 0 Å². The summed E-state index contributed by atoms with van der Waals surface area (Å²) in [5.41, 5.74) is 1.52. The molecule has 0 radical (unpaired) electrons. The van der Waals surface area contributed by atoms with Crippen LogP contribution in [0.15, 0.2) is 18.2 Å². The first kappa shape index (κ1) is 14.7. The van der Waals surface area contributed by atoms with Crippen LogP contribution in [0.1, 0.15) is 24.8 Å². The second-order valence-corrected chi connectivity index (χ2v) is 5.48. The van der Waals surface area contributed by atoms with E-state index in [1.807, 2.05) is 13.0 Å². The van der Waals surface area contributed by atoms with E-state index in [1.165, 1.54) is 0 Å². The number of hydrogen-bond donors (Lipinski definition) is 3. The molecule has 20 heavy (non-hydrogen) atoms. The van der Waals surface area contributed by atoms with Crippen molar-refractivity contribution in [2.45, 2.75) is 32.2 Å². The lowest BCUT2D eigenvalue weighted by molar-refractivity contribution is -0.142. The van der Waals surface area contributed by atoms with Crippen molar-refractivity contribution in [3.05, 3.63) is 28.8 Å². The number of urea groups is 1. The number of carboxylic acid groups (broad SMARTS) is 1. The number of hydrogen-bond acceptors (Lipinski definition) is 2. The number of carboxylic acids is 1. The normalized spacial score (nSPS) is 21.5. The van der Waals surface area contributed by atoms with Gasteiger partial charge in [0.15, 0.2) is 0 Å². The van der Waals surface area contributed by atoms with Crippen LogP contribution >= 0.6 is 11.6 Å². The highest BCUT2D eigenvalue weighted by molar-refractivity contribution is 6.31. The highest BCUT2D eigenvalue weighted by atomic mass is 35.5. The average Bonchev–Trinajstić information content (AvgIpc) is 2.82. The van der Waals surface area contributed by atoms with Crippen molar-refractivity contribution in [1.29, 1.82) is 0 Å². The molecule has 2 amide bonds. The van der Waals surface area contributed by atoms with Crippen LogP contribution in [0.3, 0.4) is 0 Å². The summed E-state index contributed by atoms with van der Waals surface area (Å²) in [4.78, 5) is 23.0. The number of aliphatic carboxylic acids is 1. The molecule has 0 bridgehead atoms. The number of benzene rings is 1. The predicted molar refractivity (Wildman–Crippen MR) is 77.1 cm³/mol. The van der Waals surface area contributed by atoms with E-state index in [0.29, 0.717) is 23.6 Å². The smallest absolute Gasteiger partial charge is 0.319 e. The van der Waals surface area contributed by atoms with E-state index in [4.69, 9.17) is 16.7 Å². The minimum atomic E-state index is -0.855. The lowest BCUT2D eigenvalue weighted by Gasteiger charge is -2.18. The molecule has 2 atom stereocenters. The van der Waals surface area contributed by atoms with Crippen LogP contribution in [0.4, 0.5) is 10.5 Å². The Morgan fingerprint density at radius 2 is 2.10 bits per heavy atom. The summed E-state index contributed by atoms with van der Waals surface area (Å²) in [5, 5.41) is 15.1. The molecule has 0 spiro atoms. The van der Waals surface area contributed by atoms with Gasteiger partial charge in [-0.2, -0.15) is 0 Å². The molecule has 1 fully saturated rings. The highest BCUT2D eigenvalue weighted by Gasteiger charge is 2.33. The molecular formula is C14H17ClN2O3. The Hall–Kier alpha value is -1.75. The Balaban J connectivity index is 1.99. The molecule has 0 heterocycles. The number of rotatable bonds is 3. The van der Waals surface area contributed by atoms with Crippen molar-refractivity contribution < 1.29 is 14.7 Å². The van der Waals surface area contributed by atoms with E-state index >= 15 is 0 Å². The van der Waals surface area contributed by atoms with E-state index in [-0.39, 0.29) is 6.04 Å². The number of aryl methyl sites for hydroxylation is 1. The zero-order valence-corrected chi connectivity index (χ0v) is 11.9.